The van der Waals surface area contributed by atoms with Crippen molar-refractivity contribution in [3.05, 3.63) is 24.5 Å². The second-order valence-corrected chi connectivity index (χ2v) is 6.20. The third-order valence-corrected chi connectivity index (χ3v) is 5.03. The Morgan fingerprint density at radius 2 is 2.06 bits per heavy atom. The van der Waals surface area contributed by atoms with E-state index in [4.69, 9.17) is 4.74 Å². The molecule has 0 saturated heterocycles. The fourth-order valence-electron chi connectivity index (χ4n) is 3.52. The van der Waals surface area contributed by atoms with Gasteiger partial charge in [0.25, 0.3) is 0 Å². The molecule has 3 aliphatic rings. The summed E-state index contributed by atoms with van der Waals surface area (Å²) in [6.45, 7) is 13.0. The maximum atomic E-state index is 5.91. The van der Waals surface area contributed by atoms with Gasteiger partial charge in [-0.2, -0.15) is 0 Å². The minimum Gasteiger partial charge on any atom is -0.497 e. The molecule has 0 spiro atoms. The van der Waals surface area contributed by atoms with Crippen LogP contribution in [0.2, 0.25) is 0 Å². The van der Waals surface area contributed by atoms with Crippen LogP contribution in [0.5, 0.6) is 0 Å². The molecular weight excluding hydrogens is 196 g/mol. The summed E-state index contributed by atoms with van der Waals surface area (Å²) in [6.07, 6.45) is 6.79. The molecule has 0 aliphatic heterocycles. The van der Waals surface area contributed by atoms with E-state index in [2.05, 4.69) is 27.4 Å². The van der Waals surface area contributed by atoms with E-state index in [1.54, 1.807) is 0 Å². The van der Waals surface area contributed by atoms with Crippen molar-refractivity contribution in [2.75, 3.05) is 0 Å². The van der Waals surface area contributed by atoms with Crippen molar-refractivity contribution in [2.45, 2.75) is 46.6 Å². The smallest absolute Gasteiger partial charge is 0.101 e. The SMILES string of the molecule is C=C/C(C)=C/O[C@H]1C[C@H]2C[C@@H]([C@@H]1C)C2(C)C. The van der Waals surface area contributed by atoms with E-state index in [-0.39, 0.29) is 0 Å². The largest absolute Gasteiger partial charge is 0.497 e. The van der Waals surface area contributed by atoms with Crippen LogP contribution in [0, 0.1) is 23.2 Å². The van der Waals surface area contributed by atoms with Gasteiger partial charge in [-0.3, -0.25) is 0 Å². The van der Waals surface area contributed by atoms with Gasteiger partial charge < -0.3 is 4.74 Å². The molecule has 4 atom stereocenters. The van der Waals surface area contributed by atoms with E-state index in [0.29, 0.717) is 17.4 Å². The van der Waals surface area contributed by atoms with Gasteiger partial charge in [0.2, 0.25) is 0 Å². The van der Waals surface area contributed by atoms with E-state index in [9.17, 15) is 0 Å². The first-order valence-corrected chi connectivity index (χ1v) is 6.41. The van der Waals surface area contributed by atoms with Crippen molar-refractivity contribution < 1.29 is 4.74 Å². The summed E-state index contributed by atoms with van der Waals surface area (Å²) in [6, 6.07) is 0. The molecule has 0 aromatic carbocycles. The number of allylic oxidation sites excluding steroid dienone is 2. The van der Waals surface area contributed by atoms with Crippen molar-refractivity contribution in [2.24, 2.45) is 23.2 Å². The zero-order valence-electron chi connectivity index (χ0n) is 11.0. The zero-order chi connectivity index (χ0) is 11.9. The van der Waals surface area contributed by atoms with E-state index in [0.717, 1.165) is 17.4 Å². The molecule has 0 aromatic rings. The number of hydrogen-bond acceptors (Lipinski definition) is 1. The minimum absolute atomic E-state index is 0.423. The van der Waals surface area contributed by atoms with Crippen LogP contribution in [0.15, 0.2) is 24.5 Å². The molecule has 90 valence electrons. The molecule has 0 unspecified atom stereocenters. The maximum absolute atomic E-state index is 5.91. The second kappa shape index (κ2) is 3.94. The van der Waals surface area contributed by atoms with Crippen LogP contribution in [-0.4, -0.2) is 6.10 Å². The molecule has 0 N–H and O–H groups in total. The molecule has 0 amide bonds. The van der Waals surface area contributed by atoms with E-state index in [1.807, 2.05) is 19.3 Å². The third-order valence-electron chi connectivity index (χ3n) is 5.03. The van der Waals surface area contributed by atoms with Gasteiger partial charge in [-0.05, 0) is 48.5 Å². The first-order chi connectivity index (χ1) is 7.46. The minimum atomic E-state index is 0.423. The Balaban J connectivity index is 1.98. The Bertz CT molecular complexity index is 313. The Morgan fingerprint density at radius 3 is 2.56 bits per heavy atom. The van der Waals surface area contributed by atoms with Gasteiger partial charge in [0.1, 0.15) is 6.10 Å². The highest BCUT2D eigenvalue weighted by Gasteiger charge is 2.56. The molecule has 0 aromatic heterocycles. The molecule has 3 fully saturated rings. The van der Waals surface area contributed by atoms with Crippen LogP contribution in [-0.2, 0) is 4.74 Å². The monoisotopic (exact) mass is 220 g/mol. The van der Waals surface area contributed by atoms with Gasteiger partial charge >= 0.3 is 0 Å². The molecule has 3 aliphatic carbocycles. The summed E-state index contributed by atoms with van der Waals surface area (Å²) < 4.78 is 5.91. The molecule has 16 heavy (non-hydrogen) atoms. The number of fused-ring (bicyclic) bond motifs is 2. The molecule has 1 nitrogen and oxygen atoms in total. The highest BCUT2D eigenvalue weighted by molar-refractivity contribution is 5.11. The quantitative estimate of drug-likeness (QED) is 0.512. The predicted molar refractivity (Wildman–Crippen MR) is 68.0 cm³/mol. The lowest BCUT2D eigenvalue weighted by Crippen LogP contribution is -2.56. The lowest BCUT2D eigenvalue weighted by Gasteiger charge is -2.61. The summed E-state index contributed by atoms with van der Waals surface area (Å²) in [5, 5.41) is 0. The Morgan fingerprint density at radius 1 is 1.38 bits per heavy atom. The van der Waals surface area contributed by atoms with Crippen LogP contribution < -0.4 is 0 Å². The Kier molecular flexibility index (Phi) is 2.90. The van der Waals surface area contributed by atoms with Gasteiger partial charge in [-0.25, -0.2) is 0 Å². The van der Waals surface area contributed by atoms with Gasteiger partial charge in [0, 0.05) is 0 Å². The average molecular weight is 220 g/mol. The highest BCUT2D eigenvalue weighted by Crippen LogP contribution is 2.61. The molecular formula is C15H24O. The van der Waals surface area contributed by atoms with Crippen molar-refractivity contribution >= 4 is 0 Å². The van der Waals surface area contributed by atoms with Crippen LogP contribution in [0.3, 0.4) is 0 Å². The second-order valence-electron chi connectivity index (χ2n) is 6.20. The number of ether oxygens (including phenoxy) is 1. The van der Waals surface area contributed by atoms with Crippen molar-refractivity contribution in [3.63, 3.8) is 0 Å². The van der Waals surface area contributed by atoms with Gasteiger partial charge in [-0.1, -0.05) is 33.4 Å². The van der Waals surface area contributed by atoms with Gasteiger partial charge in [-0.15, -0.1) is 0 Å². The molecule has 1 heteroatoms. The molecule has 0 heterocycles. The summed E-state index contributed by atoms with van der Waals surface area (Å²) >= 11 is 0. The zero-order valence-corrected chi connectivity index (χ0v) is 11.0. The van der Waals surface area contributed by atoms with Gasteiger partial charge in [0.15, 0.2) is 0 Å². The normalized spacial score (nSPS) is 41.1. The van der Waals surface area contributed by atoms with Gasteiger partial charge in [0.05, 0.1) is 6.26 Å². The van der Waals surface area contributed by atoms with Crippen LogP contribution in [0.25, 0.3) is 0 Å². The average Bonchev–Trinajstić information content (AvgIpc) is 2.26. The lowest BCUT2D eigenvalue weighted by atomic mass is 9.45. The van der Waals surface area contributed by atoms with Crippen molar-refractivity contribution in [3.8, 4) is 0 Å². The summed E-state index contributed by atoms with van der Waals surface area (Å²) in [7, 11) is 0. The Labute approximate surface area is 99.6 Å². The highest BCUT2D eigenvalue weighted by atomic mass is 16.5. The fraction of sp³-hybridized carbons (Fsp3) is 0.733. The van der Waals surface area contributed by atoms with Crippen LogP contribution in [0.1, 0.15) is 40.5 Å². The molecule has 3 saturated carbocycles. The first-order valence-electron chi connectivity index (χ1n) is 6.41. The third kappa shape index (κ3) is 1.70. The number of rotatable bonds is 3. The first kappa shape index (κ1) is 11.8. The lowest BCUT2D eigenvalue weighted by molar-refractivity contribution is -0.156. The van der Waals surface area contributed by atoms with Crippen molar-refractivity contribution in [1.82, 2.24) is 0 Å². The maximum Gasteiger partial charge on any atom is 0.101 e. The summed E-state index contributed by atoms with van der Waals surface area (Å²) in [5.41, 5.74) is 1.67. The summed E-state index contributed by atoms with van der Waals surface area (Å²) in [5.74, 6) is 2.42. The van der Waals surface area contributed by atoms with E-state index >= 15 is 0 Å². The molecule has 2 bridgehead atoms. The predicted octanol–water partition coefficient (Wildman–Crippen LogP) is 4.16. The van der Waals surface area contributed by atoms with E-state index < -0.39 is 0 Å². The fourth-order valence-corrected chi connectivity index (χ4v) is 3.52. The van der Waals surface area contributed by atoms with Crippen molar-refractivity contribution in [1.29, 1.82) is 0 Å². The summed E-state index contributed by atoms with van der Waals surface area (Å²) in [4.78, 5) is 0. The van der Waals surface area contributed by atoms with Crippen LogP contribution in [0.4, 0.5) is 0 Å². The van der Waals surface area contributed by atoms with Crippen LogP contribution >= 0.6 is 0 Å². The van der Waals surface area contributed by atoms with E-state index in [1.165, 1.54) is 12.8 Å². The standard InChI is InChI=1S/C15H24O/c1-6-10(2)9-16-14-8-12-7-13(11(14)3)15(12,4)5/h6,9,11-14H,1,7-8H2,2-5H3/b10-9+/t11-,12+,13-,14-/m0/s1. The topological polar surface area (TPSA) is 9.23 Å². The molecule has 0 radical (unpaired) electrons. The Hall–Kier alpha value is -0.720. The number of hydrogen-bond donors (Lipinski definition) is 0. The molecule has 3 rings (SSSR count).